The molecule has 2 aromatic rings. The summed E-state index contributed by atoms with van der Waals surface area (Å²) in [6.45, 7) is -0.271. The van der Waals surface area contributed by atoms with Crippen molar-refractivity contribution in [3.8, 4) is 5.75 Å². The van der Waals surface area contributed by atoms with E-state index in [-0.39, 0.29) is 6.54 Å². The minimum Gasteiger partial charge on any atom is -0.496 e. The first-order valence-electron chi connectivity index (χ1n) is 8.20. The fourth-order valence-corrected chi connectivity index (χ4v) is 2.23. The molecule has 0 fully saturated rings. The van der Waals surface area contributed by atoms with Crippen LogP contribution in [0.3, 0.4) is 0 Å². The number of ether oxygens (including phenoxy) is 2. The van der Waals surface area contributed by atoms with Gasteiger partial charge in [0.25, 0.3) is 5.91 Å². The fraction of sp³-hybridized carbons (Fsp3) is 0.200. The molecule has 0 saturated heterocycles. The van der Waals surface area contributed by atoms with Gasteiger partial charge in [-0.1, -0.05) is 30.3 Å². The lowest BCUT2D eigenvalue weighted by molar-refractivity contribution is -0.143. The van der Waals surface area contributed by atoms with Crippen molar-refractivity contribution in [2.45, 2.75) is 12.7 Å². The molecule has 0 bridgehead atoms. The van der Waals surface area contributed by atoms with E-state index in [1.165, 1.54) is 25.3 Å². The minimum absolute atomic E-state index is 0.210. The van der Waals surface area contributed by atoms with E-state index >= 15 is 0 Å². The Labute approximate surface area is 159 Å². The molecule has 0 unspecified atom stereocenters. The topological polar surface area (TPSA) is 64.6 Å². The number of nitrogens with one attached hydrogen (secondary N) is 1. The lowest BCUT2D eigenvalue weighted by Gasteiger charge is -2.09. The third-order valence-electron chi connectivity index (χ3n) is 3.66. The maximum Gasteiger partial charge on any atom is 0.416 e. The smallest absolute Gasteiger partial charge is 0.416 e. The molecule has 0 aliphatic heterocycles. The van der Waals surface area contributed by atoms with Gasteiger partial charge < -0.3 is 14.8 Å². The van der Waals surface area contributed by atoms with Gasteiger partial charge in [-0.2, -0.15) is 13.2 Å². The molecule has 1 N–H and O–H groups in total. The average molecular weight is 393 g/mol. The van der Waals surface area contributed by atoms with Crippen molar-refractivity contribution in [2.24, 2.45) is 0 Å². The van der Waals surface area contributed by atoms with E-state index in [4.69, 9.17) is 9.47 Å². The first kappa shape index (κ1) is 21.0. The Morgan fingerprint density at radius 2 is 1.75 bits per heavy atom. The first-order valence-corrected chi connectivity index (χ1v) is 8.20. The Morgan fingerprint density at radius 3 is 2.39 bits per heavy atom. The number of esters is 1. The van der Waals surface area contributed by atoms with Gasteiger partial charge in [0.1, 0.15) is 5.75 Å². The molecule has 1 amide bonds. The third-order valence-corrected chi connectivity index (χ3v) is 3.66. The van der Waals surface area contributed by atoms with Crippen LogP contribution in [0, 0.1) is 0 Å². The van der Waals surface area contributed by atoms with Crippen LogP contribution >= 0.6 is 0 Å². The number of carbonyl (C=O) groups excluding carboxylic acids is 2. The van der Waals surface area contributed by atoms with Crippen molar-refractivity contribution in [3.05, 3.63) is 71.3 Å². The van der Waals surface area contributed by atoms with Crippen LogP contribution in [0.1, 0.15) is 16.7 Å². The van der Waals surface area contributed by atoms with Gasteiger partial charge >= 0.3 is 12.1 Å². The predicted octanol–water partition coefficient (Wildman–Crippen LogP) is 3.59. The summed E-state index contributed by atoms with van der Waals surface area (Å²) in [7, 11) is 1.52. The van der Waals surface area contributed by atoms with E-state index in [9.17, 15) is 22.8 Å². The van der Waals surface area contributed by atoms with Crippen molar-refractivity contribution in [1.82, 2.24) is 5.32 Å². The average Bonchev–Trinajstić information content (AvgIpc) is 2.69. The lowest BCUT2D eigenvalue weighted by atomic mass is 10.1. The number of carbonyl (C=O) groups is 2. The predicted molar refractivity (Wildman–Crippen MR) is 96.3 cm³/mol. The quantitative estimate of drug-likeness (QED) is 0.577. The zero-order valence-electron chi connectivity index (χ0n) is 15.0. The van der Waals surface area contributed by atoms with Crippen LogP contribution in [-0.2, 0) is 27.0 Å². The SMILES string of the molecule is COc1ccccc1CNC(=O)COC(=O)/C=C/c1ccc(C(F)(F)F)cc1. The normalized spacial score (nSPS) is 11.3. The van der Waals surface area contributed by atoms with E-state index in [1.807, 2.05) is 0 Å². The molecule has 0 radical (unpaired) electrons. The lowest BCUT2D eigenvalue weighted by Crippen LogP contribution is -2.28. The van der Waals surface area contributed by atoms with E-state index in [2.05, 4.69) is 5.32 Å². The Bertz CT molecular complexity index is 845. The van der Waals surface area contributed by atoms with Crippen molar-refractivity contribution in [3.63, 3.8) is 0 Å². The first-order chi connectivity index (χ1) is 13.3. The molecular formula is C20H18F3NO4. The molecule has 0 atom stereocenters. The second kappa shape index (κ2) is 9.59. The Hall–Kier alpha value is -3.29. The number of rotatable bonds is 7. The summed E-state index contributed by atoms with van der Waals surface area (Å²) in [5, 5.41) is 2.60. The van der Waals surface area contributed by atoms with Crippen molar-refractivity contribution >= 4 is 18.0 Å². The summed E-state index contributed by atoms with van der Waals surface area (Å²) < 4.78 is 47.4. The molecule has 2 aromatic carbocycles. The Balaban J connectivity index is 1.78. The highest BCUT2D eigenvalue weighted by molar-refractivity contribution is 5.89. The summed E-state index contributed by atoms with van der Waals surface area (Å²) in [6.07, 6.45) is -2.08. The van der Waals surface area contributed by atoms with Gasteiger partial charge in [-0.25, -0.2) is 4.79 Å². The highest BCUT2D eigenvalue weighted by atomic mass is 19.4. The molecule has 0 spiro atoms. The standard InChI is InChI=1S/C20H18F3NO4/c1-27-17-5-3-2-4-15(17)12-24-18(25)13-28-19(26)11-8-14-6-9-16(10-7-14)20(21,22)23/h2-11H,12-13H2,1H3,(H,24,25)/b11-8+. The van der Waals surface area contributed by atoms with Gasteiger partial charge in [0.2, 0.25) is 0 Å². The molecule has 28 heavy (non-hydrogen) atoms. The largest absolute Gasteiger partial charge is 0.496 e. The molecule has 0 heterocycles. The monoisotopic (exact) mass is 393 g/mol. The fourth-order valence-electron chi connectivity index (χ4n) is 2.23. The molecule has 0 aliphatic carbocycles. The van der Waals surface area contributed by atoms with Crippen molar-refractivity contribution in [1.29, 1.82) is 0 Å². The zero-order valence-corrected chi connectivity index (χ0v) is 15.0. The van der Waals surface area contributed by atoms with Gasteiger partial charge in [-0.15, -0.1) is 0 Å². The van der Waals surface area contributed by atoms with Crippen LogP contribution in [0.5, 0.6) is 5.75 Å². The number of benzene rings is 2. The van der Waals surface area contributed by atoms with Crippen LogP contribution in [-0.4, -0.2) is 25.6 Å². The van der Waals surface area contributed by atoms with E-state index < -0.39 is 30.2 Å². The second-order valence-electron chi connectivity index (χ2n) is 5.65. The molecule has 0 aromatic heterocycles. The number of methoxy groups -OCH3 is 1. The molecule has 148 valence electrons. The summed E-state index contributed by atoms with van der Waals surface area (Å²) in [5.41, 5.74) is 0.386. The summed E-state index contributed by atoms with van der Waals surface area (Å²) in [4.78, 5) is 23.4. The van der Waals surface area contributed by atoms with E-state index in [0.29, 0.717) is 11.3 Å². The van der Waals surface area contributed by atoms with Gasteiger partial charge in [0.15, 0.2) is 6.61 Å². The maximum atomic E-state index is 12.5. The van der Waals surface area contributed by atoms with Crippen LogP contribution in [0.4, 0.5) is 13.2 Å². The molecule has 0 saturated carbocycles. The minimum atomic E-state index is -4.42. The Kier molecular flexibility index (Phi) is 7.20. The third kappa shape index (κ3) is 6.46. The molecule has 2 rings (SSSR count). The number of halogens is 3. The van der Waals surface area contributed by atoms with Crippen LogP contribution < -0.4 is 10.1 Å². The maximum absolute atomic E-state index is 12.5. The number of para-hydroxylation sites is 1. The van der Waals surface area contributed by atoms with Crippen LogP contribution in [0.15, 0.2) is 54.6 Å². The second-order valence-corrected chi connectivity index (χ2v) is 5.65. The summed E-state index contributed by atoms with van der Waals surface area (Å²) in [5.74, 6) is -0.659. The van der Waals surface area contributed by atoms with E-state index in [0.717, 1.165) is 23.8 Å². The van der Waals surface area contributed by atoms with E-state index in [1.54, 1.807) is 24.3 Å². The highest BCUT2D eigenvalue weighted by Crippen LogP contribution is 2.29. The number of hydrogen-bond donors (Lipinski definition) is 1. The van der Waals surface area contributed by atoms with Crippen molar-refractivity contribution in [2.75, 3.05) is 13.7 Å². The van der Waals surface area contributed by atoms with Crippen molar-refractivity contribution < 1.29 is 32.2 Å². The van der Waals surface area contributed by atoms with Gasteiger partial charge in [0.05, 0.1) is 12.7 Å². The molecule has 8 heteroatoms. The highest BCUT2D eigenvalue weighted by Gasteiger charge is 2.29. The molecular weight excluding hydrogens is 375 g/mol. The zero-order chi connectivity index (χ0) is 20.6. The van der Waals surface area contributed by atoms with Gasteiger partial charge in [-0.05, 0) is 29.8 Å². The van der Waals surface area contributed by atoms with Crippen LogP contribution in [0.25, 0.3) is 6.08 Å². The number of alkyl halides is 3. The Morgan fingerprint density at radius 1 is 1.07 bits per heavy atom. The summed E-state index contributed by atoms with van der Waals surface area (Å²) >= 11 is 0. The van der Waals surface area contributed by atoms with Crippen LogP contribution in [0.2, 0.25) is 0 Å². The number of hydrogen-bond acceptors (Lipinski definition) is 4. The van der Waals surface area contributed by atoms with Gasteiger partial charge in [0, 0.05) is 18.2 Å². The molecule has 0 aliphatic rings. The number of amides is 1. The molecule has 5 nitrogen and oxygen atoms in total. The summed E-state index contributed by atoms with van der Waals surface area (Å²) in [6, 6.07) is 11.4. The van der Waals surface area contributed by atoms with Gasteiger partial charge in [-0.3, -0.25) is 4.79 Å².